The topological polar surface area (TPSA) is 50.7 Å². The van der Waals surface area contributed by atoms with Gasteiger partial charge in [0.05, 0.1) is 28.7 Å². The Kier molecular flexibility index (Phi) is 4.19. The highest BCUT2D eigenvalue weighted by Gasteiger charge is 2.29. The van der Waals surface area contributed by atoms with Crippen LogP contribution in [-0.2, 0) is 6.18 Å². The number of fused-ring (bicyclic) bond motifs is 1. The molecule has 134 valence electrons. The molecule has 0 aliphatic rings. The molecule has 0 aliphatic heterocycles. The van der Waals surface area contributed by atoms with E-state index in [4.69, 9.17) is 0 Å². The Hall–Kier alpha value is -3.48. The Morgan fingerprint density at radius 1 is 0.852 bits per heavy atom. The summed E-state index contributed by atoms with van der Waals surface area (Å²) in [6.45, 7) is 0. The Morgan fingerprint density at radius 3 is 2.41 bits per heavy atom. The minimum atomic E-state index is -4.36. The van der Waals surface area contributed by atoms with Crippen molar-refractivity contribution in [3.8, 4) is 11.3 Å². The zero-order valence-corrected chi connectivity index (χ0v) is 13.9. The van der Waals surface area contributed by atoms with Crippen LogP contribution in [0.25, 0.3) is 22.2 Å². The lowest BCUT2D eigenvalue weighted by Crippen LogP contribution is -2.04. The molecular formula is C20H13F3N4. The summed E-state index contributed by atoms with van der Waals surface area (Å²) in [5.74, 6) is 0. The van der Waals surface area contributed by atoms with Crippen molar-refractivity contribution in [3.05, 3.63) is 78.6 Å². The number of anilines is 2. The van der Waals surface area contributed by atoms with Crippen LogP contribution in [0.5, 0.6) is 0 Å². The van der Waals surface area contributed by atoms with Gasteiger partial charge < -0.3 is 5.32 Å². The third kappa shape index (κ3) is 3.57. The molecule has 4 aromatic rings. The van der Waals surface area contributed by atoms with Crippen molar-refractivity contribution in [3.63, 3.8) is 0 Å². The van der Waals surface area contributed by atoms with Gasteiger partial charge in [-0.05, 0) is 36.4 Å². The predicted octanol–water partition coefficient (Wildman–Crippen LogP) is 5.45. The summed E-state index contributed by atoms with van der Waals surface area (Å²) in [7, 11) is 0. The van der Waals surface area contributed by atoms with Gasteiger partial charge in [0.2, 0.25) is 0 Å². The maximum absolute atomic E-state index is 12.7. The average Bonchev–Trinajstić information content (AvgIpc) is 2.67. The molecule has 0 spiro atoms. The van der Waals surface area contributed by atoms with Crippen molar-refractivity contribution in [2.45, 2.75) is 6.18 Å². The molecule has 0 aliphatic carbocycles. The van der Waals surface area contributed by atoms with Gasteiger partial charge in [-0.15, -0.1) is 0 Å². The minimum absolute atomic E-state index is 0.526. The summed E-state index contributed by atoms with van der Waals surface area (Å²) in [6, 6.07) is 16.2. The average molecular weight is 366 g/mol. The zero-order valence-electron chi connectivity index (χ0n) is 13.9. The van der Waals surface area contributed by atoms with Crippen molar-refractivity contribution in [1.82, 2.24) is 15.2 Å². The number of aromatic nitrogens is 3. The molecular weight excluding hydrogens is 353 g/mol. The monoisotopic (exact) mass is 366 g/mol. The van der Waals surface area contributed by atoms with E-state index >= 15 is 0 Å². The highest BCUT2D eigenvalue weighted by Crippen LogP contribution is 2.31. The number of alkyl halides is 3. The molecule has 4 rings (SSSR count). The second-order valence-corrected chi connectivity index (χ2v) is 5.91. The van der Waals surface area contributed by atoms with Gasteiger partial charge in [-0.3, -0.25) is 4.98 Å². The normalized spacial score (nSPS) is 11.5. The molecule has 0 amide bonds. The molecule has 0 atom stereocenters. The van der Waals surface area contributed by atoms with E-state index in [2.05, 4.69) is 20.5 Å². The van der Waals surface area contributed by atoms with Crippen LogP contribution in [0, 0.1) is 0 Å². The molecule has 2 heterocycles. The van der Waals surface area contributed by atoms with Crippen LogP contribution in [-0.4, -0.2) is 15.2 Å². The largest absolute Gasteiger partial charge is 0.416 e. The van der Waals surface area contributed by atoms with Crippen molar-refractivity contribution < 1.29 is 13.2 Å². The highest BCUT2D eigenvalue weighted by molar-refractivity contribution is 5.92. The number of hydrogen-bond donors (Lipinski definition) is 1. The van der Waals surface area contributed by atoms with Crippen molar-refractivity contribution >= 4 is 22.3 Å². The maximum Gasteiger partial charge on any atom is 0.416 e. The standard InChI is InChI=1S/C20H13F3N4/c21-20(22,23)14-6-8-15(9-7-14)26-16-11-18(27-25-12-16)17-5-1-3-13-4-2-10-24-19(13)17/h1-12H,(H,26,27). The lowest BCUT2D eigenvalue weighted by atomic mass is 10.1. The van der Waals surface area contributed by atoms with Gasteiger partial charge in [-0.25, -0.2) is 0 Å². The van der Waals surface area contributed by atoms with Gasteiger partial charge in [0, 0.05) is 22.8 Å². The first-order chi connectivity index (χ1) is 13.0. The van der Waals surface area contributed by atoms with Crippen LogP contribution >= 0.6 is 0 Å². The first-order valence-electron chi connectivity index (χ1n) is 8.12. The summed E-state index contributed by atoms with van der Waals surface area (Å²) < 4.78 is 38.0. The Balaban J connectivity index is 1.65. The molecule has 1 N–H and O–H groups in total. The maximum atomic E-state index is 12.7. The van der Waals surface area contributed by atoms with E-state index in [0.717, 1.165) is 28.6 Å². The number of halogens is 3. The summed E-state index contributed by atoms with van der Waals surface area (Å²) in [5.41, 5.74) is 2.71. The lowest BCUT2D eigenvalue weighted by molar-refractivity contribution is -0.137. The van der Waals surface area contributed by atoms with E-state index < -0.39 is 11.7 Å². The number of benzene rings is 2. The quantitative estimate of drug-likeness (QED) is 0.523. The van der Waals surface area contributed by atoms with Crippen molar-refractivity contribution in [2.24, 2.45) is 0 Å². The van der Waals surface area contributed by atoms with Gasteiger partial charge in [-0.1, -0.05) is 24.3 Å². The third-order valence-electron chi connectivity index (χ3n) is 4.06. The van der Waals surface area contributed by atoms with Crippen LogP contribution in [0.1, 0.15) is 5.56 Å². The van der Waals surface area contributed by atoms with Crippen LogP contribution < -0.4 is 5.32 Å². The fourth-order valence-electron chi connectivity index (χ4n) is 2.79. The minimum Gasteiger partial charge on any atom is -0.354 e. The van der Waals surface area contributed by atoms with E-state index in [0.29, 0.717) is 17.1 Å². The Morgan fingerprint density at radius 2 is 1.63 bits per heavy atom. The van der Waals surface area contributed by atoms with Gasteiger partial charge in [-0.2, -0.15) is 23.4 Å². The summed E-state index contributed by atoms with van der Waals surface area (Å²) in [4.78, 5) is 4.41. The van der Waals surface area contributed by atoms with Crippen LogP contribution in [0.4, 0.5) is 24.5 Å². The van der Waals surface area contributed by atoms with Crippen molar-refractivity contribution in [2.75, 3.05) is 5.32 Å². The summed E-state index contributed by atoms with van der Waals surface area (Å²) >= 11 is 0. The summed E-state index contributed by atoms with van der Waals surface area (Å²) in [6.07, 6.45) is -1.13. The van der Waals surface area contributed by atoms with Crippen LogP contribution in [0.2, 0.25) is 0 Å². The fourth-order valence-corrected chi connectivity index (χ4v) is 2.79. The van der Waals surface area contributed by atoms with Gasteiger partial charge in [0.15, 0.2) is 0 Å². The number of pyridine rings is 1. The molecule has 2 aromatic heterocycles. The molecule has 0 bridgehead atoms. The first kappa shape index (κ1) is 17.0. The molecule has 0 saturated carbocycles. The number of para-hydroxylation sites is 1. The van der Waals surface area contributed by atoms with E-state index in [1.54, 1.807) is 12.3 Å². The van der Waals surface area contributed by atoms with Gasteiger partial charge in [0.25, 0.3) is 0 Å². The third-order valence-corrected chi connectivity index (χ3v) is 4.06. The van der Waals surface area contributed by atoms with Crippen LogP contribution in [0.15, 0.2) is 73.1 Å². The van der Waals surface area contributed by atoms with E-state index in [9.17, 15) is 13.2 Å². The van der Waals surface area contributed by atoms with E-state index in [-0.39, 0.29) is 0 Å². The molecule has 0 saturated heterocycles. The summed E-state index contributed by atoms with van der Waals surface area (Å²) in [5, 5.41) is 12.2. The molecule has 0 fully saturated rings. The molecule has 0 unspecified atom stereocenters. The molecule has 27 heavy (non-hydrogen) atoms. The first-order valence-corrected chi connectivity index (χ1v) is 8.12. The molecule has 2 aromatic carbocycles. The number of nitrogens with zero attached hydrogens (tertiary/aromatic N) is 3. The zero-order chi connectivity index (χ0) is 18.9. The predicted molar refractivity (Wildman–Crippen MR) is 97.5 cm³/mol. The molecule has 4 nitrogen and oxygen atoms in total. The number of nitrogens with one attached hydrogen (secondary N) is 1. The smallest absolute Gasteiger partial charge is 0.354 e. The fraction of sp³-hybridized carbons (Fsp3) is 0.0500. The van der Waals surface area contributed by atoms with E-state index in [1.807, 2.05) is 30.3 Å². The second kappa shape index (κ2) is 6.68. The number of hydrogen-bond acceptors (Lipinski definition) is 4. The molecule has 0 radical (unpaired) electrons. The van der Waals surface area contributed by atoms with E-state index in [1.165, 1.54) is 18.3 Å². The Bertz CT molecular complexity index is 1090. The van der Waals surface area contributed by atoms with Crippen molar-refractivity contribution in [1.29, 1.82) is 0 Å². The lowest BCUT2D eigenvalue weighted by Gasteiger charge is -2.10. The second-order valence-electron chi connectivity index (χ2n) is 5.91. The van der Waals surface area contributed by atoms with Crippen LogP contribution in [0.3, 0.4) is 0 Å². The number of rotatable bonds is 3. The Labute approximate surface area is 152 Å². The SMILES string of the molecule is FC(F)(F)c1ccc(Nc2cnnc(-c3cccc4cccnc34)c2)cc1. The van der Waals surface area contributed by atoms with Gasteiger partial charge >= 0.3 is 6.18 Å². The molecule has 7 heteroatoms. The van der Waals surface area contributed by atoms with Gasteiger partial charge in [0.1, 0.15) is 0 Å². The highest BCUT2D eigenvalue weighted by atomic mass is 19.4.